The van der Waals surface area contributed by atoms with E-state index in [0.29, 0.717) is 31.7 Å². The number of benzene rings is 1. The lowest BCUT2D eigenvalue weighted by Crippen LogP contribution is -2.45. The van der Waals surface area contributed by atoms with Crippen LogP contribution in [0.3, 0.4) is 0 Å². The Morgan fingerprint density at radius 3 is 2.36 bits per heavy atom. The van der Waals surface area contributed by atoms with Crippen molar-refractivity contribution in [2.45, 2.75) is 13.5 Å². The van der Waals surface area contributed by atoms with Crippen molar-refractivity contribution in [1.29, 1.82) is 0 Å². The Balaban J connectivity index is 1.84. The lowest BCUT2D eigenvalue weighted by atomic mass is 10.1. The molecule has 1 aliphatic rings. The SMILES string of the molecule is CCNC(=NCc1ccc(C(=O)N(C)C)cc1)NCCN1CCS(=O)(=O)CC1. The second kappa shape index (κ2) is 10.4. The number of guanidine groups is 1. The molecule has 156 valence electrons. The van der Waals surface area contributed by atoms with Crippen LogP contribution in [0, 0.1) is 0 Å². The fraction of sp³-hybridized carbons (Fsp3) is 0.579. The zero-order valence-electron chi connectivity index (χ0n) is 16.9. The third-order valence-corrected chi connectivity index (χ3v) is 6.14. The summed E-state index contributed by atoms with van der Waals surface area (Å²) in [6.45, 7) is 5.93. The van der Waals surface area contributed by atoms with Crippen LogP contribution in [0.5, 0.6) is 0 Å². The molecular formula is C19H31N5O3S. The van der Waals surface area contributed by atoms with E-state index in [1.807, 2.05) is 31.2 Å². The molecule has 1 fully saturated rings. The summed E-state index contributed by atoms with van der Waals surface area (Å²) in [5.41, 5.74) is 1.68. The maximum Gasteiger partial charge on any atom is 0.253 e. The van der Waals surface area contributed by atoms with Gasteiger partial charge in [0.2, 0.25) is 0 Å². The van der Waals surface area contributed by atoms with Gasteiger partial charge in [0.1, 0.15) is 0 Å². The van der Waals surface area contributed by atoms with Gasteiger partial charge in [0.25, 0.3) is 5.91 Å². The van der Waals surface area contributed by atoms with Gasteiger partial charge in [-0.25, -0.2) is 13.4 Å². The predicted octanol–water partition coefficient (Wildman–Crippen LogP) is 0.174. The van der Waals surface area contributed by atoms with Crippen LogP contribution in [0.1, 0.15) is 22.8 Å². The van der Waals surface area contributed by atoms with Crippen molar-refractivity contribution >= 4 is 21.7 Å². The van der Waals surface area contributed by atoms with Gasteiger partial charge >= 0.3 is 0 Å². The average Bonchev–Trinajstić information content (AvgIpc) is 2.67. The molecule has 0 spiro atoms. The summed E-state index contributed by atoms with van der Waals surface area (Å²) in [5.74, 6) is 1.19. The second-order valence-corrected chi connectivity index (χ2v) is 9.32. The third-order valence-electron chi connectivity index (χ3n) is 4.53. The Labute approximate surface area is 167 Å². The van der Waals surface area contributed by atoms with Crippen molar-refractivity contribution in [1.82, 2.24) is 20.4 Å². The third kappa shape index (κ3) is 7.12. The van der Waals surface area contributed by atoms with Gasteiger partial charge in [-0.15, -0.1) is 0 Å². The zero-order valence-corrected chi connectivity index (χ0v) is 17.8. The molecule has 1 aliphatic heterocycles. The van der Waals surface area contributed by atoms with Crippen LogP contribution in [0.2, 0.25) is 0 Å². The minimum Gasteiger partial charge on any atom is -0.357 e. The van der Waals surface area contributed by atoms with Gasteiger partial charge in [0.15, 0.2) is 15.8 Å². The summed E-state index contributed by atoms with van der Waals surface area (Å²) < 4.78 is 23.0. The first-order valence-corrected chi connectivity index (χ1v) is 11.4. The molecule has 0 radical (unpaired) electrons. The van der Waals surface area contributed by atoms with Crippen molar-refractivity contribution in [2.24, 2.45) is 4.99 Å². The second-order valence-electron chi connectivity index (χ2n) is 7.01. The molecule has 1 aromatic carbocycles. The number of carbonyl (C=O) groups is 1. The molecule has 2 N–H and O–H groups in total. The first kappa shape index (κ1) is 22.2. The number of carbonyl (C=O) groups excluding carboxylic acids is 1. The van der Waals surface area contributed by atoms with E-state index in [1.54, 1.807) is 19.0 Å². The van der Waals surface area contributed by atoms with Crippen LogP contribution in [0.25, 0.3) is 0 Å². The topological polar surface area (TPSA) is 94.1 Å². The molecule has 1 aromatic rings. The highest BCUT2D eigenvalue weighted by atomic mass is 32.2. The number of nitrogens with zero attached hydrogens (tertiary/aromatic N) is 3. The lowest BCUT2D eigenvalue weighted by molar-refractivity contribution is 0.0827. The first-order chi connectivity index (χ1) is 13.3. The van der Waals surface area contributed by atoms with E-state index in [-0.39, 0.29) is 17.4 Å². The molecule has 0 saturated carbocycles. The smallest absolute Gasteiger partial charge is 0.253 e. The highest BCUT2D eigenvalue weighted by Crippen LogP contribution is 2.07. The van der Waals surface area contributed by atoms with Crippen LogP contribution in [-0.2, 0) is 16.4 Å². The number of nitrogens with one attached hydrogen (secondary N) is 2. The number of hydrogen-bond donors (Lipinski definition) is 2. The van der Waals surface area contributed by atoms with Gasteiger partial charge in [-0.1, -0.05) is 12.1 Å². The van der Waals surface area contributed by atoms with Crippen LogP contribution >= 0.6 is 0 Å². The van der Waals surface area contributed by atoms with Gasteiger partial charge < -0.3 is 15.5 Å². The Kier molecular flexibility index (Phi) is 8.25. The molecule has 1 saturated heterocycles. The zero-order chi connectivity index (χ0) is 20.6. The van der Waals surface area contributed by atoms with Gasteiger partial charge in [-0.2, -0.15) is 0 Å². The summed E-state index contributed by atoms with van der Waals surface area (Å²) in [6, 6.07) is 7.46. The minimum absolute atomic E-state index is 0.0180. The van der Waals surface area contributed by atoms with Crippen LogP contribution < -0.4 is 10.6 Å². The predicted molar refractivity (Wildman–Crippen MR) is 112 cm³/mol. The fourth-order valence-electron chi connectivity index (χ4n) is 2.83. The molecule has 1 amide bonds. The van der Waals surface area contributed by atoms with E-state index in [1.165, 1.54) is 0 Å². The minimum atomic E-state index is -2.84. The van der Waals surface area contributed by atoms with Crippen LogP contribution in [-0.4, -0.2) is 88.4 Å². The average molecular weight is 410 g/mol. The van der Waals surface area contributed by atoms with E-state index in [4.69, 9.17) is 0 Å². The standard InChI is InChI=1S/C19H31N5O3S/c1-4-20-19(21-9-10-24-11-13-28(26,27)14-12-24)22-15-16-5-7-17(8-6-16)18(25)23(2)3/h5-8H,4,9-15H2,1-3H3,(H2,20,21,22). The quantitative estimate of drug-likeness (QED) is 0.493. The van der Waals surface area contributed by atoms with Crippen molar-refractivity contribution in [3.63, 3.8) is 0 Å². The monoisotopic (exact) mass is 409 g/mol. The summed E-state index contributed by atoms with van der Waals surface area (Å²) in [4.78, 5) is 20.2. The van der Waals surface area contributed by atoms with Crippen molar-refractivity contribution in [3.05, 3.63) is 35.4 Å². The summed E-state index contributed by atoms with van der Waals surface area (Å²) >= 11 is 0. The van der Waals surface area contributed by atoms with Gasteiger partial charge in [-0.05, 0) is 24.6 Å². The van der Waals surface area contributed by atoms with Crippen molar-refractivity contribution in [2.75, 3.05) is 58.3 Å². The van der Waals surface area contributed by atoms with Gasteiger partial charge in [0.05, 0.1) is 18.1 Å². The molecule has 0 atom stereocenters. The maximum absolute atomic E-state index is 11.9. The Hall–Kier alpha value is -2.13. The number of hydrogen-bond acceptors (Lipinski definition) is 5. The molecule has 9 heteroatoms. The molecule has 8 nitrogen and oxygen atoms in total. The molecule has 2 rings (SSSR count). The summed E-state index contributed by atoms with van der Waals surface area (Å²) in [7, 11) is 0.628. The van der Waals surface area contributed by atoms with Gasteiger partial charge in [-0.3, -0.25) is 9.69 Å². The van der Waals surface area contributed by atoms with E-state index >= 15 is 0 Å². The Morgan fingerprint density at radius 2 is 1.79 bits per heavy atom. The number of rotatable bonds is 7. The fourth-order valence-corrected chi connectivity index (χ4v) is 4.11. The highest BCUT2D eigenvalue weighted by molar-refractivity contribution is 7.91. The number of amides is 1. The molecule has 0 unspecified atom stereocenters. The van der Waals surface area contributed by atoms with E-state index < -0.39 is 9.84 Å². The van der Waals surface area contributed by atoms with Crippen LogP contribution in [0.4, 0.5) is 0 Å². The molecule has 28 heavy (non-hydrogen) atoms. The molecule has 1 heterocycles. The summed E-state index contributed by atoms with van der Waals surface area (Å²) in [6.07, 6.45) is 0. The Morgan fingerprint density at radius 1 is 1.14 bits per heavy atom. The number of sulfone groups is 1. The maximum atomic E-state index is 11.9. The summed E-state index contributed by atoms with van der Waals surface area (Å²) in [5, 5.41) is 6.50. The lowest BCUT2D eigenvalue weighted by Gasteiger charge is -2.26. The largest absolute Gasteiger partial charge is 0.357 e. The van der Waals surface area contributed by atoms with Crippen molar-refractivity contribution in [3.8, 4) is 0 Å². The molecule has 0 bridgehead atoms. The molecule has 0 aliphatic carbocycles. The van der Waals surface area contributed by atoms with E-state index in [0.717, 1.165) is 24.6 Å². The first-order valence-electron chi connectivity index (χ1n) is 9.56. The Bertz CT molecular complexity index is 761. The van der Waals surface area contributed by atoms with E-state index in [9.17, 15) is 13.2 Å². The van der Waals surface area contributed by atoms with Crippen LogP contribution in [0.15, 0.2) is 29.3 Å². The number of aliphatic imine (C=N–C) groups is 1. The molecular weight excluding hydrogens is 378 g/mol. The normalized spacial score (nSPS) is 17.2. The van der Waals surface area contributed by atoms with Crippen molar-refractivity contribution < 1.29 is 13.2 Å². The highest BCUT2D eigenvalue weighted by Gasteiger charge is 2.20. The van der Waals surface area contributed by atoms with Gasteiger partial charge in [0, 0.05) is 52.4 Å². The van der Waals surface area contributed by atoms with E-state index in [2.05, 4.69) is 20.5 Å². The molecule has 0 aromatic heterocycles.